The molecule has 1 N–H and O–H groups in total. The Morgan fingerprint density at radius 2 is 1.59 bits per heavy atom. The fraction of sp³-hybridized carbons (Fsp3) is 0.400. The van der Waals surface area contributed by atoms with Crippen molar-refractivity contribution in [3.8, 4) is 0 Å². The van der Waals surface area contributed by atoms with E-state index in [1.807, 2.05) is 39.1 Å². The van der Waals surface area contributed by atoms with Gasteiger partial charge in [-0.1, -0.05) is 62.4 Å². The number of aliphatic carboxylic acids is 1. The number of carbonyl (C=O) groups excluding carboxylic acids is 1. The Bertz CT molecular complexity index is 1240. The van der Waals surface area contributed by atoms with Crippen LogP contribution in [0.1, 0.15) is 45.2 Å². The number of carboxylic acids is 1. The molecule has 0 spiro atoms. The maximum absolute atomic E-state index is 15.7. The van der Waals surface area contributed by atoms with Crippen molar-refractivity contribution in [2.75, 3.05) is 27.7 Å². The summed E-state index contributed by atoms with van der Waals surface area (Å²) in [5, 5.41) is 10.6. The average molecular weight is 509 g/mol. The number of benzene rings is 2. The SMILES string of the molecule is COC(=O)C1=C(C)N(C)C(C)=C(C(=O)O)C1(CC(C)(C)CN(C)Cc1ccccc1)c1ccccc1F. The summed E-state index contributed by atoms with van der Waals surface area (Å²) in [7, 11) is 4.97. The van der Waals surface area contributed by atoms with Gasteiger partial charge in [0.05, 0.1) is 23.7 Å². The van der Waals surface area contributed by atoms with E-state index in [1.54, 1.807) is 44.0 Å². The molecule has 0 aromatic heterocycles. The molecule has 1 unspecified atom stereocenters. The number of ether oxygens (including phenoxy) is 1. The molecule has 0 saturated carbocycles. The molecule has 3 rings (SSSR count). The third-order valence-electron chi connectivity index (χ3n) is 7.26. The first-order valence-electron chi connectivity index (χ1n) is 12.3. The van der Waals surface area contributed by atoms with Crippen molar-refractivity contribution in [1.29, 1.82) is 0 Å². The van der Waals surface area contributed by atoms with Crippen LogP contribution in [0.2, 0.25) is 0 Å². The number of hydrogen-bond acceptors (Lipinski definition) is 5. The van der Waals surface area contributed by atoms with Gasteiger partial charge in [-0.3, -0.25) is 0 Å². The van der Waals surface area contributed by atoms with Gasteiger partial charge >= 0.3 is 11.9 Å². The van der Waals surface area contributed by atoms with Gasteiger partial charge in [0.2, 0.25) is 0 Å². The standard InChI is InChI=1S/C30H37FN2O4/c1-20-25(27(34)35)30(23-15-11-12-16-24(23)31,26(28(36)37-7)21(2)33(20)6)18-29(3,4)19-32(5)17-22-13-9-8-10-14-22/h8-16H,17-19H2,1-7H3,(H,34,35). The lowest BCUT2D eigenvalue weighted by Crippen LogP contribution is -2.49. The monoisotopic (exact) mass is 508 g/mol. The summed E-state index contributed by atoms with van der Waals surface area (Å²) in [6, 6.07) is 16.2. The molecular formula is C30H37FN2O4. The predicted octanol–water partition coefficient (Wildman–Crippen LogP) is 5.36. The summed E-state index contributed by atoms with van der Waals surface area (Å²) in [5.41, 5.74) is 0.300. The lowest BCUT2D eigenvalue weighted by atomic mass is 9.58. The zero-order valence-corrected chi connectivity index (χ0v) is 22.8. The van der Waals surface area contributed by atoms with Gasteiger partial charge in [0.15, 0.2) is 0 Å². The maximum atomic E-state index is 15.7. The number of carbonyl (C=O) groups is 2. The molecule has 1 atom stereocenters. The number of rotatable bonds is 9. The molecule has 0 aliphatic carbocycles. The number of allylic oxidation sites excluding steroid dienone is 2. The first-order valence-corrected chi connectivity index (χ1v) is 12.3. The van der Waals surface area contributed by atoms with Gasteiger partial charge in [0.1, 0.15) is 5.82 Å². The van der Waals surface area contributed by atoms with Crippen LogP contribution in [0.5, 0.6) is 0 Å². The zero-order chi connectivity index (χ0) is 27.5. The highest BCUT2D eigenvalue weighted by molar-refractivity contribution is 6.01. The van der Waals surface area contributed by atoms with Crippen LogP contribution in [-0.4, -0.2) is 54.6 Å². The first-order chi connectivity index (χ1) is 17.4. The second-order valence-electron chi connectivity index (χ2n) is 10.7. The minimum absolute atomic E-state index is 0.0233. The quantitative estimate of drug-likeness (QED) is 0.460. The number of carboxylic acid groups (broad SMARTS) is 1. The van der Waals surface area contributed by atoms with Gasteiger partial charge in [0, 0.05) is 37.1 Å². The topological polar surface area (TPSA) is 70.1 Å². The third kappa shape index (κ3) is 5.47. The molecule has 0 fully saturated rings. The largest absolute Gasteiger partial charge is 0.478 e. The third-order valence-corrected chi connectivity index (χ3v) is 7.26. The molecule has 1 aliphatic heterocycles. The maximum Gasteiger partial charge on any atom is 0.336 e. The molecule has 198 valence electrons. The van der Waals surface area contributed by atoms with Gasteiger partial charge in [-0.05, 0) is 44.4 Å². The van der Waals surface area contributed by atoms with Crippen molar-refractivity contribution in [2.24, 2.45) is 5.41 Å². The van der Waals surface area contributed by atoms with E-state index < -0.39 is 28.6 Å². The van der Waals surface area contributed by atoms with Gasteiger partial charge in [0.25, 0.3) is 0 Å². The van der Waals surface area contributed by atoms with Gasteiger partial charge in [-0.15, -0.1) is 0 Å². The van der Waals surface area contributed by atoms with E-state index in [9.17, 15) is 14.7 Å². The first kappa shape index (κ1) is 28.1. The lowest BCUT2D eigenvalue weighted by molar-refractivity contribution is -0.137. The van der Waals surface area contributed by atoms with Crippen molar-refractivity contribution < 1.29 is 23.8 Å². The Morgan fingerprint density at radius 1 is 1.03 bits per heavy atom. The summed E-state index contributed by atoms with van der Waals surface area (Å²) in [6.45, 7) is 8.76. The lowest BCUT2D eigenvalue weighted by Gasteiger charge is -2.48. The van der Waals surface area contributed by atoms with E-state index >= 15 is 4.39 Å². The molecule has 0 radical (unpaired) electrons. The van der Waals surface area contributed by atoms with Crippen molar-refractivity contribution >= 4 is 11.9 Å². The molecule has 1 aliphatic rings. The molecule has 1 heterocycles. The van der Waals surface area contributed by atoms with Crippen molar-refractivity contribution in [3.05, 3.63) is 94.1 Å². The number of esters is 1. The smallest absolute Gasteiger partial charge is 0.336 e. The van der Waals surface area contributed by atoms with Crippen LogP contribution >= 0.6 is 0 Å². The fourth-order valence-electron chi connectivity index (χ4n) is 5.89. The Morgan fingerprint density at radius 3 is 2.16 bits per heavy atom. The van der Waals surface area contributed by atoms with E-state index in [-0.39, 0.29) is 23.1 Å². The highest BCUT2D eigenvalue weighted by Gasteiger charge is 2.55. The molecule has 0 amide bonds. The molecule has 6 nitrogen and oxygen atoms in total. The second-order valence-corrected chi connectivity index (χ2v) is 10.7. The minimum Gasteiger partial charge on any atom is -0.478 e. The summed E-state index contributed by atoms with van der Waals surface area (Å²) >= 11 is 0. The summed E-state index contributed by atoms with van der Waals surface area (Å²) in [6.07, 6.45) is 0.175. The number of methoxy groups -OCH3 is 1. The molecule has 37 heavy (non-hydrogen) atoms. The number of hydrogen-bond donors (Lipinski definition) is 1. The average Bonchev–Trinajstić information content (AvgIpc) is 2.82. The molecular weight excluding hydrogens is 471 g/mol. The number of halogens is 1. The zero-order valence-electron chi connectivity index (χ0n) is 22.8. The minimum atomic E-state index is -1.57. The molecule has 7 heteroatoms. The predicted molar refractivity (Wildman–Crippen MR) is 142 cm³/mol. The molecule has 0 bridgehead atoms. The normalized spacial score (nSPS) is 18.5. The van der Waals surface area contributed by atoms with Gasteiger partial charge < -0.3 is 19.6 Å². The summed E-state index contributed by atoms with van der Waals surface area (Å²) in [4.78, 5) is 30.2. The van der Waals surface area contributed by atoms with E-state index in [2.05, 4.69) is 17.0 Å². The molecule has 2 aromatic rings. The Hall–Kier alpha value is -3.45. The van der Waals surface area contributed by atoms with Crippen molar-refractivity contribution in [1.82, 2.24) is 9.80 Å². The highest BCUT2D eigenvalue weighted by atomic mass is 19.1. The second kappa shape index (κ2) is 10.9. The van der Waals surface area contributed by atoms with Gasteiger partial charge in [-0.25, -0.2) is 14.0 Å². The van der Waals surface area contributed by atoms with E-state index in [0.29, 0.717) is 24.5 Å². The van der Waals surface area contributed by atoms with Crippen LogP contribution < -0.4 is 0 Å². The summed E-state index contributed by atoms with van der Waals surface area (Å²) < 4.78 is 20.8. The Balaban J connectivity index is 2.24. The van der Waals surface area contributed by atoms with E-state index in [4.69, 9.17) is 4.74 Å². The highest BCUT2D eigenvalue weighted by Crippen LogP contribution is 2.53. The molecule has 2 aromatic carbocycles. The van der Waals surface area contributed by atoms with Gasteiger partial charge in [-0.2, -0.15) is 0 Å². The van der Waals surface area contributed by atoms with Crippen LogP contribution in [0.25, 0.3) is 0 Å². The van der Waals surface area contributed by atoms with Crippen molar-refractivity contribution in [2.45, 2.75) is 46.1 Å². The number of nitrogens with zero attached hydrogens (tertiary/aromatic N) is 2. The Kier molecular flexibility index (Phi) is 8.28. The van der Waals surface area contributed by atoms with Crippen LogP contribution in [0.15, 0.2) is 77.1 Å². The fourth-order valence-corrected chi connectivity index (χ4v) is 5.89. The van der Waals surface area contributed by atoms with Crippen LogP contribution in [-0.2, 0) is 26.3 Å². The Labute approximate surface area is 219 Å². The van der Waals surface area contributed by atoms with E-state index in [0.717, 1.165) is 5.56 Å². The molecule has 0 saturated heterocycles. The van der Waals surface area contributed by atoms with E-state index in [1.165, 1.54) is 13.2 Å². The van der Waals surface area contributed by atoms with Crippen LogP contribution in [0.3, 0.4) is 0 Å². The summed E-state index contributed by atoms with van der Waals surface area (Å²) in [5.74, 6) is -2.44. The van der Waals surface area contributed by atoms with Crippen molar-refractivity contribution in [3.63, 3.8) is 0 Å². The van der Waals surface area contributed by atoms with Crippen LogP contribution in [0, 0.1) is 11.2 Å². The van der Waals surface area contributed by atoms with Crippen LogP contribution in [0.4, 0.5) is 4.39 Å².